The van der Waals surface area contributed by atoms with Crippen LogP contribution in [-0.2, 0) is 14.3 Å². The Bertz CT molecular complexity index is 852. The Morgan fingerprint density at radius 3 is 2.58 bits per heavy atom. The quantitative estimate of drug-likeness (QED) is 0.565. The third kappa shape index (κ3) is 3.88. The first-order valence-electron chi connectivity index (χ1n) is 8.73. The lowest BCUT2D eigenvalue weighted by Gasteiger charge is -2.29. The molecule has 0 aliphatic heterocycles. The smallest absolute Gasteiger partial charge is 0.317 e. The van der Waals surface area contributed by atoms with Gasteiger partial charge < -0.3 is 4.74 Å². The Balaban J connectivity index is 2.02. The second-order valence-corrected chi connectivity index (χ2v) is 6.97. The van der Waals surface area contributed by atoms with Crippen LogP contribution in [0.5, 0.6) is 0 Å². The molecule has 3 rings (SSSR count). The van der Waals surface area contributed by atoms with E-state index in [4.69, 9.17) is 16.3 Å². The molecular formula is C22H21ClO3. The molecule has 4 heteroatoms. The highest BCUT2D eigenvalue weighted by Gasteiger charge is 2.39. The van der Waals surface area contributed by atoms with Crippen LogP contribution in [0.15, 0.2) is 54.6 Å². The summed E-state index contributed by atoms with van der Waals surface area (Å²) >= 11 is 6.00. The Morgan fingerprint density at radius 2 is 1.92 bits per heavy atom. The molecule has 3 nitrogen and oxygen atoms in total. The summed E-state index contributed by atoms with van der Waals surface area (Å²) in [6.07, 6.45) is 2.20. The fraction of sp³-hybridized carbons (Fsp3) is 0.273. The van der Waals surface area contributed by atoms with Crippen molar-refractivity contribution in [3.63, 3.8) is 0 Å². The summed E-state index contributed by atoms with van der Waals surface area (Å²) in [7, 11) is 0. The minimum Gasteiger partial charge on any atom is -0.465 e. The molecule has 26 heavy (non-hydrogen) atoms. The minimum atomic E-state index is -0.815. The summed E-state index contributed by atoms with van der Waals surface area (Å²) < 4.78 is 5.17. The molecule has 0 spiro atoms. The van der Waals surface area contributed by atoms with E-state index in [1.165, 1.54) is 0 Å². The Hall–Kier alpha value is -2.39. The molecule has 0 bridgehead atoms. The lowest BCUT2D eigenvalue weighted by molar-refractivity contribution is -0.151. The molecule has 2 aromatic carbocycles. The monoisotopic (exact) mass is 368 g/mol. The van der Waals surface area contributed by atoms with Crippen molar-refractivity contribution in [1.29, 1.82) is 0 Å². The maximum absolute atomic E-state index is 12.8. The highest BCUT2D eigenvalue weighted by Crippen LogP contribution is 2.40. The van der Waals surface area contributed by atoms with Crippen LogP contribution in [0.25, 0.3) is 5.57 Å². The van der Waals surface area contributed by atoms with Crippen molar-refractivity contribution in [2.75, 3.05) is 6.61 Å². The number of halogens is 1. The molecule has 0 fully saturated rings. The van der Waals surface area contributed by atoms with Crippen LogP contribution >= 0.6 is 11.6 Å². The number of hydrogen-bond acceptors (Lipinski definition) is 3. The molecule has 0 unspecified atom stereocenters. The molecule has 0 aromatic heterocycles. The van der Waals surface area contributed by atoms with E-state index in [0.717, 1.165) is 22.3 Å². The number of allylic oxidation sites excluding steroid dienone is 2. The van der Waals surface area contributed by atoms with Gasteiger partial charge in [-0.1, -0.05) is 53.6 Å². The first-order valence-corrected chi connectivity index (χ1v) is 9.11. The van der Waals surface area contributed by atoms with Crippen LogP contribution in [0.4, 0.5) is 0 Å². The van der Waals surface area contributed by atoms with Crippen molar-refractivity contribution in [2.45, 2.75) is 26.2 Å². The summed E-state index contributed by atoms with van der Waals surface area (Å²) in [4.78, 5) is 25.3. The van der Waals surface area contributed by atoms with Crippen molar-refractivity contribution < 1.29 is 14.3 Å². The van der Waals surface area contributed by atoms with E-state index >= 15 is 0 Å². The highest BCUT2D eigenvalue weighted by atomic mass is 35.5. The molecule has 0 N–H and O–H groups in total. The standard InChI is InChI=1S/C22H21ClO3/c1-3-26-22(25)21-19(15-7-9-18(23)10-8-15)12-17(13-20(21)24)16-6-4-5-14(2)11-16/h4-11,13,19,21H,3,12H2,1-2H3/t19-,21-/m0/s1. The zero-order valence-corrected chi connectivity index (χ0v) is 15.6. The van der Waals surface area contributed by atoms with Crippen LogP contribution in [0, 0.1) is 12.8 Å². The van der Waals surface area contributed by atoms with Gasteiger partial charge in [-0.05, 0) is 55.2 Å². The number of ether oxygens (including phenoxy) is 1. The van der Waals surface area contributed by atoms with E-state index in [9.17, 15) is 9.59 Å². The molecule has 1 aliphatic rings. The van der Waals surface area contributed by atoms with E-state index in [2.05, 4.69) is 6.07 Å². The average Bonchev–Trinajstić information content (AvgIpc) is 2.62. The summed E-state index contributed by atoms with van der Waals surface area (Å²) in [5, 5.41) is 0.623. The highest BCUT2D eigenvalue weighted by molar-refractivity contribution is 6.30. The fourth-order valence-electron chi connectivity index (χ4n) is 3.45. The van der Waals surface area contributed by atoms with Crippen molar-refractivity contribution in [3.05, 3.63) is 76.3 Å². The van der Waals surface area contributed by atoms with Crippen LogP contribution in [0.2, 0.25) is 5.02 Å². The van der Waals surface area contributed by atoms with Crippen LogP contribution in [0.3, 0.4) is 0 Å². The van der Waals surface area contributed by atoms with E-state index < -0.39 is 11.9 Å². The fourth-order valence-corrected chi connectivity index (χ4v) is 3.58. The van der Waals surface area contributed by atoms with Gasteiger partial charge >= 0.3 is 5.97 Å². The zero-order valence-electron chi connectivity index (χ0n) is 14.9. The lowest BCUT2D eigenvalue weighted by atomic mass is 9.73. The third-order valence-electron chi connectivity index (χ3n) is 4.69. The second kappa shape index (κ2) is 7.88. The number of benzene rings is 2. The number of aryl methyl sites for hydroxylation is 1. The molecular weight excluding hydrogens is 348 g/mol. The number of esters is 1. The lowest BCUT2D eigenvalue weighted by Crippen LogP contribution is -2.34. The van der Waals surface area contributed by atoms with Crippen molar-refractivity contribution >= 4 is 28.9 Å². The van der Waals surface area contributed by atoms with Gasteiger partial charge in [0.05, 0.1) is 6.61 Å². The van der Waals surface area contributed by atoms with Gasteiger partial charge in [0.2, 0.25) is 0 Å². The van der Waals surface area contributed by atoms with Crippen LogP contribution in [0.1, 0.15) is 36.0 Å². The maximum atomic E-state index is 12.8. The summed E-state index contributed by atoms with van der Waals surface area (Å²) in [5.41, 5.74) is 4.00. The average molecular weight is 369 g/mol. The SMILES string of the molecule is CCOC(=O)[C@@H]1C(=O)C=C(c2cccc(C)c2)C[C@H]1c1ccc(Cl)cc1. The number of hydrogen-bond donors (Lipinski definition) is 0. The molecule has 0 amide bonds. The van der Waals surface area contributed by atoms with Crippen LogP contribution in [-0.4, -0.2) is 18.4 Å². The second-order valence-electron chi connectivity index (χ2n) is 6.53. The Kier molecular flexibility index (Phi) is 5.58. The predicted molar refractivity (Wildman–Crippen MR) is 103 cm³/mol. The number of rotatable bonds is 4. The van der Waals surface area contributed by atoms with Gasteiger partial charge in [-0.25, -0.2) is 0 Å². The molecule has 0 radical (unpaired) electrons. The summed E-state index contributed by atoms with van der Waals surface area (Å²) in [6, 6.07) is 15.4. The number of ketones is 1. The molecule has 1 aliphatic carbocycles. The van der Waals surface area contributed by atoms with Crippen molar-refractivity contribution in [1.82, 2.24) is 0 Å². The maximum Gasteiger partial charge on any atom is 0.317 e. The van der Waals surface area contributed by atoms with Gasteiger partial charge in [0.1, 0.15) is 5.92 Å². The minimum absolute atomic E-state index is 0.203. The van der Waals surface area contributed by atoms with Gasteiger partial charge in [-0.3, -0.25) is 9.59 Å². The Morgan fingerprint density at radius 1 is 1.19 bits per heavy atom. The van der Waals surface area contributed by atoms with Gasteiger partial charge in [-0.15, -0.1) is 0 Å². The van der Waals surface area contributed by atoms with Gasteiger partial charge in [0.15, 0.2) is 5.78 Å². The largest absolute Gasteiger partial charge is 0.465 e. The number of carbonyl (C=O) groups is 2. The molecule has 2 atom stereocenters. The normalized spacial score (nSPS) is 19.8. The molecule has 0 saturated carbocycles. The third-order valence-corrected chi connectivity index (χ3v) is 4.94. The van der Waals surface area contributed by atoms with Crippen molar-refractivity contribution in [3.8, 4) is 0 Å². The van der Waals surface area contributed by atoms with Crippen LogP contribution < -0.4 is 0 Å². The molecule has 134 valence electrons. The van der Waals surface area contributed by atoms with E-state index in [0.29, 0.717) is 11.4 Å². The van der Waals surface area contributed by atoms with Gasteiger partial charge in [0.25, 0.3) is 0 Å². The molecule has 0 heterocycles. The topological polar surface area (TPSA) is 43.4 Å². The van der Waals surface area contributed by atoms with Gasteiger partial charge in [-0.2, -0.15) is 0 Å². The summed E-state index contributed by atoms with van der Waals surface area (Å²) in [6.45, 7) is 4.02. The number of carbonyl (C=O) groups excluding carboxylic acids is 2. The zero-order chi connectivity index (χ0) is 18.7. The van der Waals surface area contributed by atoms with E-state index in [1.807, 2.05) is 37.3 Å². The molecule has 2 aromatic rings. The van der Waals surface area contributed by atoms with Gasteiger partial charge in [0, 0.05) is 10.9 Å². The van der Waals surface area contributed by atoms with Crippen molar-refractivity contribution in [2.24, 2.45) is 5.92 Å². The van der Waals surface area contributed by atoms with E-state index in [1.54, 1.807) is 25.1 Å². The predicted octanol–water partition coefficient (Wildman–Crippen LogP) is 4.97. The van der Waals surface area contributed by atoms with E-state index in [-0.39, 0.29) is 18.3 Å². The molecule has 0 saturated heterocycles. The Labute approximate surface area is 158 Å². The first-order chi connectivity index (χ1) is 12.5. The summed E-state index contributed by atoms with van der Waals surface area (Å²) in [5.74, 6) is -1.74. The first kappa shape index (κ1) is 18.4.